The average Bonchev–Trinajstić information content (AvgIpc) is 3.05. The van der Waals surface area contributed by atoms with Crippen molar-refractivity contribution in [3.8, 4) is 11.3 Å². The number of benzene rings is 2. The minimum atomic E-state index is 0.775. The van der Waals surface area contributed by atoms with Crippen LogP contribution in [0.25, 0.3) is 22.2 Å². The first-order valence-electron chi connectivity index (χ1n) is 8.89. The molecule has 4 aromatic rings. The average molecular weight is 342 g/mol. The molecule has 0 saturated carbocycles. The van der Waals surface area contributed by atoms with Gasteiger partial charge in [0.15, 0.2) is 0 Å². The normalized spacial score (nSPS) is 11.0. The van der Waals surface area contributed by atoms with Crippen LogP contribution in [0.1, 0.15) is 11.4 Å². The molecule has 0 aliphatic heterocycles. The van der Waals surface area contributed by atoms with E-state index in [0.717, 1.165) is 36.0 Å². The molecule has 0 saturated heterocycles. The second-order valence-corrected chi connectivity index (χ2v) is 6.55. The highest BCUT2D eigenvalue weighted by atomic mass is 15.1. The Balaban J connectivity index is 1.49. The molecule has 0 aliphatic rings. The van der Waals surface area contributed by atoms with Crippen LogP contribution in [0.5, 0.6) is 0 Å². The van der Waals surface area contributed by atoms with Crippen molar-refractivity contribution >= 4 is 16.7 Å². The molecule has 0 fully saturated rings. The highest BCUT2D eigenvalue weighted by Gasteiger charge is 2.05. The number of hydrogen-bond acceptors (Lipinski definition) is 3. The van der Waals surface area contributed by atoms with Crippen molar-refractivity contribution in [2.75, 3.05) is 11.9 Å². The molecule has 26 heavy (non-hydrogen) atoms. The van der Waals surface area contributed by atoms with Crippen LogP contribution in [0.4, 0.5) is 5.82 Å². The lowest BCUT2D eigenvalue weighted by molar-refractivity contribution is 0.754. The maximum atomic E-state index is 4.58. The molecule has 0 atom stereocenters. The van der Waals surface area contributed by atoms with Crippen LogP contribution in [0.3, 0.4) is 0 Å². The van der Waals surface area contributed by atoms with Gasteiger partial charge in [0.05, 0.1) is 5.69 Å². The minimum absolute atomic E-state index is 0.775. The molecule has 0 aliphatic carbocycles. The van der Waals surface area contributed by atoms with Crippen molar-refractivity contribution in [1.29, 1.82) is 0 Å². The van der Waals surface area contributed by atoms with Crippen molar-refractivity contribution in [2.45, 2.75) is 20.4 Å². The van der Waals surface area contributed by atoms with Gasteiger partial charge in [-0.05, 0) is 31.4 Å². The third kappa shape index (κ3) is 3.45. The molecule has 0 amide bonds. The van der Waals surface area contributed by atoms with E-state index in [1.807, 2.05) is 13.0 Å². The van der Waals surface area contributed by atoms with Gasteiger partial charge in [-0.2, -0.15) is 0 Å². The Hall–Kier alpha value is -3.14. The fourth-order valence-corrected chi connectivity index (χ4v) is 3.17. The molecule has 0 bridgehead atoms. The SMILES string of the molecule is Cc1ccc(-c2cc(NCCn3ccc4ccccc43)nc(C)n2)cc1. The molecule has 130 valence electrons. The molecule has 4 nitrogen and oxygen atoms in total. The summed E-state index contributed by atoms with van der Waals surface area (Å²) in [6, 6.07) is 21.0. The van der Waals surface area contributed by atoms with E-state index in [2.05, 4.69) is 87.6 Å². The van der Waals surface area contributed by atoms with Crippen LogP contribution < -0.4 is 5.32 Å². The fraction of sp³-hybridized carbons (Fsp3) is 0.182. The largest absolute Gasteiger partial charge is 0.368 e. The van der Waals surface area contributed by atoms with E-state index in [1.165, 1.54) is 16.5 Å². The van der Waals surface area contributed by atoms with Crippen LogP contribution in [0, 0.1) is 13.8 Å². The van der Waals surface area contributed by atoms with Gasteiger partial charge in [0.25, 0.3) is 0 Å². The van der Waals surface area contributed by atoms with Crippen molar-refractivity contribution in [3.63, 3.8) is 0 Å². The highest BCUT2D eigenvalue weighted by molar-refractivity contribution is 5.79. The second-order valence-electron chi connectivity index (χ2n) is 6.55. The zero-order valence-electron chi connectivity index (χ0n) is 15.1. The van der Waals surface area contributed by atoms with Gasteiger partial charge in [-0.15, -0.1) is 0 Å². The van der Waals surface area contributed by atoms with Gasteiger partial charge < -0.3 is 9.88 Å². The van der Waals surface area contributed by atoms with E-state index in [4.69, 9.17) is 0 Å². The first-order valence-corrected chi connectivity index (χ1v) is 8.89. The molecule has 0 radical (unpaired) electrons. The summed E-state index contributed by atoms with van der Waals surface area (Å²) in [4.78, 5) is 9.10. The van der Waals surface area contributed by atoms with Crippen LogP contribution in [0.15, 0.2) is 66.9 Å². The summed E-state index contributed by atoms with van der Waals surface area (Å²) in [7, 11) is 0. The number of rotatable bonds is 5. The molecule has 2 aromatic heterocycles. The van der Waals surface area contributed by atoms with Crippen LogP contribution in [0.2, 0.25) is 0 Å². The van der Waals surface area contributed by atoms with E-state index in [0.29, 0.717) is 0 Å². The van der Waals surface area contributed by atoms with Gasteiger partial charge in [-0.3, -0.25) is 0 Å². The second kappa shape index (κ2) is 7.00. The van der Waals surface area contributed by atoms with Gasteiger partial charge in [0, 0.05) is 36.4 Å². The zero-order chi connectivity index (χ0) is 17.9. The molecule has 2 aromatic carbocycles. The summed E-state index contributed by atoms with van der Waals surface area (Å²) in [5, 5.41) is 4.71. The molecule has 0 spiro atoms. The number of anilines is 1. The first kappa shape index (κ1) is 16.3. The van der Waals surface area contributed by atoms with Crippen LogP contribution in [-0.4, -0.2) is 21.1 Å². The van der Waals surface area contributed by atoms with Crippen molar-refractivity contribution in [1.82, 2.24) is 14.5 Å². The van der Waals surface area contributed by atoms with Crippen molar-refractivity contribution < 1.29 is 0 Å². The smallest absolute Gasteiger partial charge is 0.130 e. The first-order chi connectivity index (χ1) is 12.7. The van der Waals surface area contributed by atoms with Gasteiger partial charge in [0.2, 0.25) is 0 Å². The monoisotopic (exact) mass is 342 g/mol. The number of aryl methyl sites for hydroxylation is 2. The fourth-order valence-electron chi connectivity index (χ4n) is 3.17. The molecule has 2 heterocycles. The zero-order valence-corrected chi connectivity index (χ0v) is 15.1. The highest BCUT2D eigenvalue weighted by Crippen LogP contribution is 2.20. The quantitative estimate of drug-likeness (QED) is 0.565. The molecular formula is C22H22N4. The lowest BCUT2D eigenvalue weighted by Crippen LogP contribution is -2.11. The standard InChI is InChI=1S/C22H22N4/c1-16-7-9-18(10-8-16)20-15-22(25-17(2)24-20)23-12-14-26-13-11-19-5-3-4-6-21(19)26/h3-11,13,15H,12,14H2,1-2H3,(H,23,24,25). The Morgan fingerprint density at radius 2 is 1.73 bits per heavy atom. The van der Waals surface area contributed by atoms with Crippen molar-refractivity contribution in [2.24, 2.45) is 0 Å². The summed E-state index contributed by atoms with van der Waals surface area (Å²) in [5.41, 5.74) is 4.57. The number of nitrogens with zero attached hydrogens (tertiary/aromatic N) is 3. The van der Waals surface area contributed by atoms with Gasteiger partial charge in [-0.25, -0.2) is 9.97 Å². The molecular weight excluding hydrogens is 320 g/mol. The topological polar surface area (TPSA) is 42.7 Å². The third-order valence-corrected chi connectivity index (χ3v) is 4.52. The Morgan fingerprint density at radius 1 is 0.923 bits per heavy atom. The van der Waals surface area contributed by atoms with Gasteiger partial charge >= 0.3 is 0 Å². The van der Waals surface area contributed by atoms with Crippen LogP contribution >= 0.6 is 0 Å². The van der Waals surface area contributed by atoms with Gasteiger partial charge in [-0.1, -0.05) is 48.0 Å². The molecule has 0 unspecified atom stereocenters. The Bertz CT molecular complexity index is 1030. The van der Waals surface area contributed by atoms with E-state index < -0.39 is 0 Å². The van der Waals surface area contributed by atoms with E-state index in [1.54, 1.807) is 0 Å². The van der Waals surface area contributed by atoms with E-state index in [9.17, 15) is 0 Å². The van der Waals surface area contributed by atoms with E-state index in [-0.39, 0.29) is 0 Å². The van der Waals surface area contributed by atoms with Gasteiger partial charge in [0.1, 0.15) is 11.6 Å². The summed E-state index contributed by atoms with van der Waals surface area (Å²) in [5.74, 6) is 1.64. The Kier molecular flexibility index (Phi) is 4.40. The molecule has 4 rings (SSSR count). The molecule has 1 N–H and O–H groups in total. The van der Waals surface area contributed by atoms with E-state index >= 15 is 0 Å². The number of nitrogens with one attached hydrogen (secondary N) is 1. The summed E-state index contributed by atoms with van der Waals surface area (Å²) >= 11 is 0. The summed E-state index contributed by atoms with van der Waals surface area (Å²) < 4.78 is 2.26. The minimum Gasteiger partial charge on any atom is -0.368 e. The lowest BCUT2D eigenvalue weighted by Gasteiger charge is -2.10. The van der Waals surface area contributed by atoms with Crippen molar-refractivity contribution in [3.05, 3.63) is 78.2 Å². The maximum Gasteiger partial charge on any atom is 0.130 e. The number of fused-ring (bicyclic) bond motifs is 1. The summed E-state index contributed by atoms with van der Waals surface area (Å²) in [6.07, 6.45) is 2.13. The predicted octanol–water partition coefficient (Wildman–Crippen LogP) is 4.83. The lowest BCUT2D eigenvalue weighted by atomic mass is 10.1. The number of para-hydroxylation sites is 1. The third-order valence-electron chi connectivity index (χ3n) is 4.52. The maximum absolute atomic E-state index is 4.58. The number of aromatic nitrogens is 3. The molecule has 4 heteroatoms. The predicted molar refractivity (Wildman–Crippen MR) is 107 cm³/mol. The summed E-state index contributed by atoms with van der Waals surface area (Å²) in [6.45, 7) is 5.72. The Morgan fingerprint density at radius 3 is 2.58 bits per heavy atom. The number of hydrogen-bond donors (Lipinski definition) is 1. The van der Waals surface area contributed by atoms with Crippen LogP contribution in [-0.2, 0) is 6.54 Å². The Labute approximate surface area is 153 Å².